The largest absolute Gasteiger partial charge is 0.0593 e. The molecule has 3 saturated carbocycles. The minimum absolute atomic E-state index is 0.870. The van der Waals surface area contributed by atoms with E-state index < -0.39 is 0 Å². The van der Waals surface area contributed by atoms with Gasteiger partial charge in [0, 0.05) is 0 Å². The van der Waals surface area contributed by atoms with Crippen LogP contribution in [0.4, 0.5) is 0 Å². The van der Waals surface area contributed by atoms with Crippen molar-refractivity contribution in [3.8, 4) is 0 Å². The molecule has 0 bridgehead atoms. The molecule has 0 aliphatic heterocycles. The molecule has 0 aromatic rings. The second-order valence-corrected chi connectivity index (χ2v) is 4.25. The second-order valence-electron chi connectivity index (χ2n) is 4.25. The molecule has 0 heteroatoms. The number of hydrogen-bond acceptors (Lipinski definition) is 0. The summed E-state index contributed by atoms with van der Waals surface area (Å²) in [5.41, 5.74) is 0.870. The maximum absolute atomic E-state index is 2.49. The SMILES string of the molecule is CC12CCC3C(C1)C32. The van der Waals surface area contributed by atoms with Crippen molar-refractivity contribution >= 4 is 0 Å². The third kappa shape index (κ3) is 0.206. The van der Waals surface area contributed by atoms with E-state index >= 15 is 0 Å². The van der Waals surface area contributed by atoms with Crippen LogP contribution in [0.1, 0.15) is 26.2 Å². The molecule has 8 heavy (non-hydrogen) atoms. The van der Waals surface area contributed by atoms with Crippen LogP contribution in [-0.4, -0.2) is 0 Å². The predicted octanol–water partition coefficient (Wildman–Crippen LogP) is 2.05. The fourth-order valence-electron chi connectivity index (χ4n) is 3.43. The van der Waals surface area contributed by atoms with E-state index in [9.17, 15) is 0 Å². The number of fused-ring (bicyclic) bond motifs is 1. The maximum Gasteiger partial charge on any atom is -0.0289 e. The molecule has 0 saturated heterocycles. The zero-order valence-electron chi connectivity index (χ0n) is 5.35. The molecule has 0 aromatic heterocycles. The number of hydrogen-bond donors (Lipinski definition) is 0. The van der Waals surface area contributed by atoms with Crippen LogP contribution in [0.25, 0.3) is 0 Å². The van der Waals surface area contributed by atoms with E-state index in [1.807, 2.05) is 0 Å². The van der Waals surface area contributed by atoms with Gasteiger partial charge in [0.25, 0.3) is 0 Å². The first-order chi connectivity index (χ1) is 3.81. The summed E-state index contributed by atoms with van der Waals surface area (Å²) in [6, 6.07) is 0. The zero-order chi connectivity index (χ0) is 5.35. The Bertz CT molecular complexity index is 146. The van der Waals surface area contributed by atoms with Crippen molar-refractivity contribution in [2.45, 2.75) is 26.2 Å². The molecule has 3 fully saturated rings. The average Bonchev–Trinajstić information content (AvgIpc) is 2.23. The van der Waals surface area contributed by atoms with Crippen LogP contribution in [-0.2, 0) is 0 Å². The van der Waals surface area contributed by atoms with Crippen LogP contribution in [0.3, 0.4) is 0 Å². The minimum Gasteiger partial charge on any atom is -0.0593 e. The summed E-state index contributed by atoms with van der Waals surface area (Å²) in [5, 5.41) is 0. The van der Waals surface area contributed by atoms with E-state index in [0.717, 1.165) is 5.41 Å². The van der Waals surface area contributed by atoms with Crippen molar-refractivity contribution < 1.29 is 0 Å². The van der Waals surface area contributed by atoms with Crippen molar-refractivity contribution in [2.24, 2.45) is 23.2 Å². The standard InChI is InChI=1S/C8H12/c1-8-3-2-5-6(4-8)7(5)8/h5-7H,2-4H2,1H3. The highest BCUT2D eigenvalue weighted by molar-refractivity contribution is 5.20. The van der Waals surface area contributed by atoms with Crippen molar-refractivity contribution in [1.82, 2.24) is 0 Å². The first-order valence-electron chi connectivity index (χ1n) is 3.81. The highest BCUT2D eigenvalue weighted by Crippen LogP contribution is 2.79. The molecule has 4 atom stereocenters. The number of rotatable bonds is 0. The van der Waals surface area contributed by atoms with Gasteiger partial charge in [-0.25, -0.2) is 0 Å². The molecule has 0 nitrogen and oxygen atoms in total. The normalized spacial score (nSPS) is 73.9. The summed E-state index contributed by atoms with van der Waals surface area (Å²) in [5.74, 6) is 3.68. The van der Waals surface area contributed by atoms with E-state index in [-0.39, 0.29) is 0 Å². The van der Waals surface area contributed by atoms with Gasteiger partial charge in [0.15, 0.2) is 0 Å². The van der Waals surface area contributed by atoms with E-state index in [0.29, 0.717) is 0 Å². The van der Waals surface area contributed by atoms with Gasteiger partial charge in [-0.05, 0) is 42.4 Å². The molecule has 3 rings (SSSR count). The van der Waals surface area contributed by atoms with Crippen molar-refractivity contribution in [2.75, 3.05) is 0 Å². The first kappa shape index (κ1) is 3.92. The van der Waals surface area contributed by atoms with Gasteiger partial charge in [0.05, 0.1) is 0 Å². The van der Waals surface area contributed by atoms with Gasteiger partial charge in [-0.1, -0.05) is 6.92 Å². The lowest BCUT2D eigenvalue weighted by Crippen LogP contribution is -2.28. The van der Waals surface area contributed by atoms with Gasteiger partial charge < -0.3 is 0 Å². The second kappa shape index (κ2) is 0.778. The molecule has 0 spiro atoms. The first-order valence-corrected chi connectivity index (χ1v) is 3.81. The van der Waals surface area contributed by atoms with Crippen LogP contribution in [0.2, 0.25) is 0 Å². The molecular weight excluding hydrogens is 96.1 g/mol. The van der Waals surface area contributed by atoms with Gasteiger partial charge in [-0.15, -0.1) is 0 Å². The molecule has 0 aromatic carbocycles. The van der Waals surface area contributed by atoms with Crippen LogP contribution >= 0.6 is 0 Å². The highest BCUT2D eigenvalue weighted by atomic mass is 14.8. The molecular formula is C8H12. The Morgan fingerprint density at radius 3 is 2.38 bits per heavy atom. The highest BCUT2D eigenvalue weighted by Gasteiger charge is 2.72. The van der Waals surface area contributed by atoms with Gasteiger partial charge in [0.2, 0.25) is 0 Å². The molecule has 3 aliphatic rings. The third-order valence-corrected chi connectivity index (χ3v) is 3.89. The monoisotopic (exact) mass is 108 g/mol. The predicted molar refractivity (Wildman–Crippen MR) is 32.4 cm³/mol. The average molecular weight is 108 g/mol. The minimum atomic E-state index is 0.870. The fourth-order valence-corrected chi connectivity index (χ4v) is 3.43. The molecule has 0 N–H and O–H groups in total. The van der Waals surface area contributed by atoms with Crippen LogP contribution in [0, 0.1) is 23.2 Å². The fraction of sp³-hybridized carbons (Fsp3) is 1.00. The third-order valence-electron chi connectivity index (χ3n) is 3.89. The summed E-state index contributed by atoms with van der Waals surface area (Å²) in [6.07, 6.45) is 4.72. The summed E-state index contributed by atoms with van der Waals surface area (Å²) in [7, 11) is 0. The maximum atomic E-state index is 2.49. The summed E-state index contributed by atoms with van der Waals surface area (Å²) in [6.45, 7) is 2.49. The van der Waals surface area contributed by atoms with Gasteiger partial charge >= 0.3 is 0 Å². The van der Waals surface area contributed by atoms with E-state index in [1.54, 1.807) is 19.3 Å². The van der Waals surface area contributed by atoms with Crippen molar-refractivity contribution in [3.05, 3.63) is 0 Å². The summed E-state index contributed by atoms with van der Waals surface area (Å²) < 4.78 is 0. The smallest absolute Gasteiger partial charge is 0.0289 e. The lowest BCUT2D eigenvalue weighted by molar-refractivity contribution is 0.130. The molecule has 0 heterocycles. The van der Waals surface area contributed by atoms with Crippen LogP contribution in [0.5, 0.6) is 0 Å². The van der Waals surface area contributed by atoms with Crippen molar-refractivity contribution in [3.63, 3.8) is 0 Å². The van der Waals surface area contributed by atoms with Crippen LogP contribution < -0.4 is 0 Å². The van der Waals surface area contributed by atoms with E-state index in [1.165, 1.54) is 17.8 Å². The molecule has 0 amide bonds. The molecule has 3 aliphatic carbocycles. The molecule has 4 unspecified atom stereocenters. The van der Waals surface area contributed by atoms with E-state index in [4.69, 9.17) is 0 Å². The lowest BCUT2D eigenvalue weighted by atomic mass is 9.68. The Balaban J connectivity index is 2.07. The van der Waals surface area contributed by atoms with Gasteiger partial charge in [0.1, 0.15) is 0 Å². The van der Waals surface area contributed by atoms with E-state index in [2.05, 4.69) is 6.92 Å². The van der Waals surface area contributed by atoms with Crippen LogP contribution in [0.15, 0.2) is 0 Å². The Labute approximate surface area is 50.3 Å². The Kier molecular flexibility index (Phi) is 0.381. The Morgan fingerprint density at radius 2 is 2.25 bits per heavy atom. The van der Waals surface area contributed by atoms with Gasteiger partial charge in [-0.2, -0.15) is 0 Å². The molecule has 0 radical (unpaired) electrons. The Morgan fingerprint density at radius 1 is 1.38 bits per heavy atom. The van der Waals surface area contributed by atoms with Crippen molar-refractivity contribution in [1.29, 1.82) is 0 Å². The Hall–Kier alpha value is 0. The lowest BCUT2D eigenvalue weighted by Gasteiger charge is -2.37. The quantitative estimate of drug-likeness (QED) is 0.445. The topological polar surface area (TPSA) is 0 Å². The summed E-state index contributed by atoms with van der Waals surface area (Å²) >= 11 is 0. The van der Waals surface area contributed by atoms with Gasteiger partial charge in [-0.3, -0.25) is 0 Å². The molecule has 44 valence electrons. The zero-order valence-corrected chi connectivity index (χ0v) is 5.35. The summed E-state index contributed by atoms with van der Waals surface area (Å²) in [4.78, 5) is 0.